The molecule has 0 atom stereocenters. The Balaban J connectivity index is 1.95. The van der Waals surface area contributed by atoms with Crippen molar-refractivity contribution in [3.05, 3.63) is 52.7 Å². The molecule has 21 heavy (non-hydrogen) atoms. The minimum absolute atomic E-state index is 0.235. The van der Waals surface area contributed by atoms with E-state index in [0.717, 1.165) is 22.6 Å². The molecule has 0 amide bonds. The van der Waals surface area contributed by atoms with E-state index in [1.807, 2.05) is 38.1 Å². The first kappa shape index (κ1) is 15.3. The zero-order chi connectivity index (χ0) is 15.2. The summed E-state index contributed by atoms with van der Waals surface area (Å²) in [6.45, 7) is 5.03. The van der Waals surface area contributed by atoms with E-state index >= 15 is 0 Å². The van der Waals surface area contributed by atoms with Gasteiger partial charge in [0.05, 0.1) is 25.8 Å². The van der Waals surface area contributed by atoms with Crippen LogP contribution in [0.25, 0.3) is 0 Å². The van der Waals surface area contributed by atoms with Crippen molar-refractivity contribution in [1.82, 2.24) is 10.3 Å². The van der Waals surface area contributed by atoms with Gasteiger partial charge in [-0.2, -0.15) is 0 Å². The second-order valence-electron chi connectivity index (χ2n) is 4.87. The van der Waals surface area contributed by atoms with Gasteiger partial charge in [-0.1, -0.05) is 24.3 Å². The first-order valence-corrected chi connectivity index (χ1v) is 6.87. The van der Waals surface area contributed by atoms with Crippen LogP contribution in [0.4, 0.5) is 0 Å². The first-order valence-electron chi connectivity index (χ1n) is 6.87. The molecule has 0 aliphatic heterocycles. The topological polar surface area (TPSA) is 64.4 Å². The number of carbonyl (C=O) groups is 1. The average molecular weight is 288 g/mol. The van der Waals surface area contributed by atoms with Crippen molar-refractivity contribution in [2.24, 2.45) is 0 Å². The molecule has 0 bridgehead atoms. The van der Waals surface area contributed by atoms with Gasteiger partial charge in [-0.25, -0.2) is 4.98 Å². The number of esters is 1. The number of ether oxygens (including phenoxy) is 1. The number of benzene rings is 1. The highest BCUT2D eigenvalue weighted by Crippen LogP contribution is 2.11. The summed E-state index contributed by atoms with van der Waals surface area (Å²) in [5, 5.41) is 3.28. The molecule has 5 nitrogen and oxygen atoms in total. The zero-order valence-corrected chi connectivity index (χ0v) is 12.6. The first-order chi connectivity index (χ1) is 10.1. The van der Waals surface area contributed by atoms with Crippen molar-refractivity contribution in [2.45, 2.75) is 33.4 Å². The van der Waals surface area contributed by atoms with E-state index in [1.165, 1.54) is 7.11 Å². The fraction of sp³-hybridized carbons (Fsp3) is 0.375. The van der Waals surface area contributed by atoms with Gasteiger partial charge in [-0.3, -0.25) is 4.79 Å². The zero-order valence-electron chi connectivity index (χ0n) is 12.6. The van der Waals surface area contributed by atoms with E-state index in [9.17, 15) is 4.79 Å². The third kappa shape index (κ3) is 4.16. The maximum atomic E-state index is 11.4. The minimum atomic E-state index is -0.235. The molecule has 0 radical (unpaired) electrons. The molecule has 1 heterocycles. The van der Waals surface area contributed by atoms with E-state index in [2.05, 4.69) is 10.3 Å². The fourth-order valence-corrected chi connectivity index (χ4v) is 2.05. The lowest BCUT2D eigenvalue weighted by atomic mass is 10.0. The summed E-state index contributed by atoms with van der Waals surface area (Å²) in [6, 6.07) is 7.81. The summed E-state index contributed by atoms with van der Waals surface area (Å²) in [6.07, 6.45) is 0.283. The van der Waals surface area contributed by atoms with Crippen molar-refractivity contribution in [3.8, 4) is 0 Å². The quantitative estimate of drug-likeness (QED) is 0.826. The van der Waals surface area contributed by atoms with Crippen LogP contribution in [0.15, 0.2) is 28.7 Å². The maximum absolute atomic E-state index is 11.4. The molecule has 112 valence electrons. The van der Waals surface area contributed by atoms with Crippen LogP contribution in [0.2, 0.25) is 0 Å². The number of aromatic nitrogens is 1. The Morgan fingerprint density at radius 2 is 1.95 bits per heavy atom. The van der Waals surface area contributed by atoms with Crippen LogP contribution in [-0.4, -0.2) is 18.1 Å². The van der Waals surface area contributed by atoms with Crippen LogP contribution in [0.3, 0.4) is 0 Å². The largest absolute Gasteiger partial charge is 0.469 e. The third-order valence-corrected chi connectivity index (χ3v) is 3.35. The SMILES string of the molecule is COC(=O)Cc1ccccc1CNCc1nc(C)c(C)o1. The van der Waals surface area contributed by atoms with Crippen molar-refractivity contribution in [2.75, 3.05) is 7.11 Å². The molecule has 0 spiro atoms. The second kappa shape index (κ2) is 7.04. The van der Waals surface area contributed by atoms with Gasteiger partial charge in [0.15, 0.2) is 0 Å². The third-order valence-electron chi connectivity index (χ3n) is 3.35. The Labute approximate surface area is 124 Å². The van der Waals surface area contributed by atoms with Crippen molar-refractivity contribution < 1.29 is 13.9 Å². The molecule has 0 aliphatic carbocycles. The van der Waals surface area contributed by atoms with E-state index < -0.39 is 0 Å². The normalized spacial score (nSPS) is 10.6. The van der Waals surface area contributed by atoms with Crippen LogP contribution >= 0.6 is 0 Å². The molecular weight excluding hydrogens is 268 g/mol. The summed E-state index contributed by atoms with van der Waals surface area (Å²) >= 11 is 0. The summed E-state index contributed by atoms with van der Waals surface area (Å²) in [5.74, 6) is 1.29. The summed E-state index contributed by atoms with van der Waals surface area (Å²) < 4.78 is 10.2. The van der Waals surface area contributed by atoms with Gasteiger partial charge in [0.1, 0.15) is 5.76 Å². The molecule has 0 saturated carbocycles. The van der Waals surface area contributed by atoms with Crippen molar-refractivity contribution in [1.29, 1.82) is 0 Å². The van der Waals surface area contributed by atoms with E-state index in [0.29, 0.717) is 19.0 Å². The number of rotatable bonds is 6. The van der Waals surface area contributed by atoms with Crippen molar-refractivity contribution >= 4 is 5.97 Å². The summed E-state index contributed by atoms with van der Waals surface area (Å²) in [5.41, 5.74) is 2.96. The lowest BCUT2D eigenvalue weighted by molar-refractivity contribution is -0.139. The Morgan fingerprint density at radius 1 is 1.24 bits per heavy atom. The van der Waals surface area contributed by atoms with E-state index in [4.69, 9.17) is 9.15 Å². The van der Waals surface area contributed by atoms with Crippen molar-refractivity contribution in [3.63, 3.8) is 0 Å². The molecule has 2 rings (SSSR count). The average Bonchev–Trinajstić information content (AvgIpc) is 2.79. The number of hydrogen-bond acceptors (Lipinski definition) is 5. The molecule has 1 aromatic carbocycles. The van der Waals surface area contributed by atoms with Gasteiger partial charge >= 0.3 is 5.97 Å². The van der Waals surface area contributed by atoms with Gasteiger partial charge in [0.2, 0.25) is 5.89 Å². The standard InChI is InChI=1S/C16H20N2O3/c1-11-12(2)21-15(18-11)10-17-9-14-7-5-4-6-13(14)8-16(19)20-3/h4-7,17H,8-10H2,1-3H3. The number of nitrogens with one attached hydrogen (secondary N) is 1. The molecule has 1 aromatic heterocycles. The van der Waals surface area contributed by atoms with Gasteiger partial charge in [0, 0.05) is 6.54 Å². The van der Waals surface area contributed by atoms with Gasteiger partial charge in [-0.05, 0) is 25.0 Å². The highest BCUT2D eigenvalue weighted by atomic mass is 16.5. The molecule has 1 N–H and O–H groups in total. The number of oxazole rings is 1. The predicted molar refractivity (Wildman–Crippen MR) is 78.7 cm³/mol. The molecular formula is C16H20N2O3. The highest BCUT2D eigenvalue weighted by molar-refractivity contribution is 5.72. The summed E-state index contributed by atoms with van der Waals surface area (Å²) in [7, 11) is 1.40. The smallest absolute Gasteiger partial charge is 0.309 e. The molecule has 0 saturated heterocycles. The second-order valence-corrected chi connectivity index (χ2v) is 4.87. The molecule has 0 unspecified atom stereocenters. The maximum Gasteiger partial charge on any atom is 0.309 e. The Hall–Kier alpha value is -2.14. The highest BCUT2D eigenvalue weighted by Gasteiger charge is 2.09. The van der Waals surface area contributed by atoms with Crippen LogP contribution < -0.4 is 5.32 Å². The number of carbonyl (C=O) groups excluding carboxylic acids is 1. The summed E-state index contributed by atoms with van der Waals surface area (Å²) in [4.78, 5) is 15.7. The lowest BCUT2D eigenvalue weighted by Gasteiger charge is -2.09. The molecule has 0 fully saturated rings. The number of methoxy groups -OCH3 is 1. The molecule has 2 aromatic rings. The van der Waals surface area contributed by atoms with Crippen LogP contribution in [0, 0.1) is 13.8 Å². The molecule has 0 aliphatic rings. The van der Waals surface area contributed by atoms with E-state index in [-0.39, 0.29) is 12.4 Å². The number of hydrogen-bond donors (Lipinski definition) is 1. The van der Waals surface area contributed by atoms with E-state index in [1.54, 1.807) is 0 Å². The van der Waals surface area contributed by atoms with Gasteiger partial charge in [0.25, 0.3) is 0 Å². The number of aryl methyl sites for hydroxylation is 2. The minimum Gasteiger partial charge on any atom is -0.469 e. The number of nitrogens with zero attached hydrogens (tertiary/aromatic N) is 1. The van der Waals surface area contributed by atoms with Crippen LogP contribution in [0.1, 0.15) is 28.5 Å². The van der Waals surface area contributed by atoms with Gasteiger partial charge < -0.3 is 14.5 Å². The van der Waals surface area contributed by atoms with Crippen LogP contribution in [-0.2, 0) is 29.0 Å². The van der Waals surface area contributed by atoms with Gasteiger partial charge in [-0.15, -0.1) is 0 Å². The fourth-order valence-electron chi connectivity index (χ4n) is 2.05. The molecule has 5 heteroatoms. The van der Waals surface area contributed by atoms with Crippen LogP contribution in [0.5, 0.6) is 0 Å². The predicted octanol–water partition coefficient (Wildman–Crippen LogP) is 2.30. The Bertz CT molecular complexity index is 600. The lowest BCUT2D eigenvalue weighted by Crippen LogP contribution is -2.15. The Morgan fingerprint density at radius 3 is 2.57 bits per heavy atom. The Kier molecular flexibility index (Phi) is 5.11. The monoisotopic (exact) mass is 288 g/mol.